The van der Waals surface area contributed by atoms with E-state index in [1.807, 2.05) is 0 Å². The first-order chi connectivity index (χ1) is 4.79. The summed E-state index contributed by atoms with van der Waals surface area (Å²) in [5, 5.41) is 0.944. The van der Waals surface area contributed by atoms with Gasteiger partial charge in [-0.2, -0.15) is 0 Å². The fourth-order valence-corrected chi connectivity index (χ4v) is 1.06. The fraction of sp³-hybridized carbons (Fsp3) is 0.333. The van der Waals surface area contributed by atoms with Gasteiger partial charge in [0.15, 0.2) is 0 Å². The summed E-state index contributed by atoms with van der Waals surface area (Å²) in [4.78, 5) is 0. The molecule has 0 heterocycles. The number of allylic oxidation sites excluding steroid dienone is 6. The van der Waals surface area contributed by atoms with Gasteiger partial charge in [0.05, 0.1) is 0 Å². The van der Waals surface area contributed by atoms with E-state index in [4.69, 9.17) is 11.6 Å². The van der Waals surface area contributed by atoms with Gasteiger partial charge in [-0.15, -0.1) is 0 Å². The van der Waals surface area contributed by atoms with E-state index in [-0.39, 0.29) is 0 Å². The van der Waals surface area contributed by atoms with Crippen molar-refractivity contribution in [1.29, 1.82) is 0 Å². The smallest absolute Gasteiger partial charge is 0.0182 e. The first kappa shape index (κ1) is 7.62. The van der Waals surface area contributed by atoms with Crippen LogP contribution >= 0.6 is 11.6 Å². The molecule has 0 saturated heterocycles. The molecule has 0 radical (unpaired) electrons. The number of hydrogen-bond acceptors (Lipinski definition) is 0. The molecule has 0 fully saturated rings. The topological polar surface area (TPSA) is 0 Å². The molecular formula is C9H11Cl. The summed E-state index contributed by atoms with van der Waals surface area (Å²) in [6.07, 6.45) is 10.3. The van der Waals surface area contributed by atoms with Crippen molar-refractivity contribution < 1.29 is 0 Å². The Morgan fingerprint density at radius 1 is 1.40 bits per heavy atom. The van der Waals surface area contributed by atoms with Crippen molar-refractivity contribution in [3.63, 3.8) is 0 Å². The predicted octanol–water partition coefficient (Wildman–Crippen LogP) is 3.41. The SMILES string of the molecule is C/C1=C/C/C=C(/Cl)CC=C1. The molecule has 0 spiro atoms. The van der Waals surface area contributed by atoms with E-state index in [9.17, 15) is 0 Å². The van der Waals surface area contributed by atoms with E-state index >= 15 is 0 Å². The Morgan fingerprint density at radius 3 is 3.00 bits per heavy atom. The zero-order chi connectivity index (χ0) is 7.40. The molecule has 1 aliphatic rings. The van der Waals surface area contributed by atoms with Crippen molar-refractivity contribution in [2.45, 2.75) is 19.8 Å². The number of rotatable bonds is 0. The van der Waals surface area contributed by atoms with Gasteiger partial charge >= 0.3 is 0 Å². The van der Waals surface area contributed by atoms with E-state index in [0.29, 0.717) is 0 Å². The van der Waals surface area contributed by atoms with E-state index in [1.54, 1.807) is 0 Å². The van der Waals surface area contributed by atoms with Crippen LogP contribution in [0.2, 0.25) is 0 Å². The molecular weight excluding hydrogens is 144 g/mol. The van der Waals surface area contributed by atoms with E-state index < -0.39 is 0 Å². The van der Waals surface area contributed by atoms with Gasteiger partial charge in [-0.25, -0.2) is 0 Å². The predicted molar refractivity (Wildman–Crippen MR) is 46.1 cm³/mol. The minimum Gasteiger partial charge on any atom is -0.0891 e. The lowest BCUT2D eigenvalue weighted by atomic mass is 10.1. The summed E-state index contributed by atoms with van der Waals surface area (Å²) in [6, 6.07) is 0. The maximum absolute atomic E-state index is 5.82. The van der Waals surface area contributed by atoms with E-state index in [0.717, 1.165) is 17.9 Å². The van der Waals surface area contributed by atoms with Gasteiger partial charge in [0, 0.05) is 11.5 Å². The summed E-state index contributed by atoms with van der Waals surface area (Å²) in [5.41, 5.74) is 1.32. The molecule has 0 unspecified atom stereocenters. The molecule has 0 bridgehead atoms. The molecule has 1 aliphatic carbocycles. The van der Waals surface area contributed by atoms with Crippen LogP contribution in [0.3, 0.4) is 0 Å². The highest BCUT2D eigenvalue weighted by molar-refractivity contribution is 6.29. The van der Waals surface area contributed by atoms with Crippen LogP contribution in [0.1, 0.15) is 19.8 Å². The maximum Gasteiger partial charge on any atom is 0.0182 e. The average Bonchev–Trinajstić information content (AvgIpc) is 1.84. The van der Waals surface area contributed by atoms with Crippen molar-refractivity contribution in [2.24, 2.45) is 0 Å². The second-order valence-electron chi connectivity index (χ2n) is 2.44. The molecule has 0 atom stereocenters. The summed E-state index contributed by atoms with van der Waals surface area (Å²) in [7, 11) is 0. The van der Waals surface area contributed by atoms with Crippen molar-refractivity contribution in [2.75, 3.05) is 0 Å². The molecule has 0 saturated carbocycles. The largest absolute Gasteiger partial charge is 0.0891 e. The maximum atomic E-state index is 5.82. The molecule has 0 aliphatic heterocycles. The zero-order valence-electron chi connectivity index (χ0n) is 6.10. The molecule has 0 N–H and O–H groups in total. The molecule has 10 heavy (non-hydrogen) atoms. The van der Waals surface area contributed by atoms with E-state index in [2.05, 4.69) is 31.2 Å². The van der Waals surface area contributed by atoms with Gasteiger partial charge in [-0.1, -0.05) is 41.5 Å². The first-order valence-corrected chi connectivity index (χ1v) is 3.84. The minimum absolute atomic E-state index is 0.882. The molecule has 0 aromatic rings. The Balaban J connectivity index is 2.70. The van der Waals surface area contributed by atoms with Gasteiger partial charge in [0.25, 0.3) is 0 Å². The van der Waals surface area contributed by atoms with Crippen LogP contribution in [0.25, 0.3) is 0 Å². The molecule has 0 aromatic heterocycles. The number of hydrogen-bond donors (Lipinski definition) is 0. The van der Waals surface area contributed by atoms with Crippen molar-refractivity contribution >= 4 is 11.6 Å². The molecule has 1 heteroatoms. The van der Waals surface area contributed by atoms with Crippen LogP contribution in [-0.2, 0) is 0 Å². The first-order valence-electron chi connectivity index (χ1n) is 3.47. The average molecular weight is 155 g/mol. The number of halogens is 1. The van der Waals surface area contributed by atoms with Crippen LogP contribution in [0, 0.1) is 0 Å². The molecule has 0 nitrogen and oxygen atoms in total. The fourth-order valence-electron chi connectivity index (χ4n) is 0.881. The second kappa shape index (κ2) is 3.62. The summed E-state index contributed by atoms with van der Waals surface area (Å²) in [6.45, 7) is 2.10. The third-order valence-corrected chi connectivity index (χ3v) is 1.78. The summed E-state index contributed by atoms with van der Waals surface area (Å²) < 4.78 is 0. The summed E-state index contributed by atoms with van der Waals surface area (Å²) in [5.74, 6) is 0. The molecule has 0 aromatic carbocycles. The van der Waals surface area contributed by atoms with E-state index in [1.165, 1.54) is 5.57 Å². The van der Waals surface area contributed by atoms with Gasteiger partial charge in [0.2, 0.25) is 0 Å². The lowest BCUT2D eigenvalue weighted by Crippen LogP contribution is -1.76. The van der Waals surface area contributed by atoms with Crippen LogP contribution in [-0.4, -0.2) is 0 Å². The standard InChI is InChI=1S/C9H11Cl/c1-8-4-2-6-9(10)7-3-5-8/h2,4-5,7H,3,6H2,1H3/b4-2?,8-5-,9-7+. The van der Waals surface area contributed by atoms with Gasteiger partial charge in [-0.3, -0.25) is 0 Å². The highest BCUT2D eigenvalue weighted by Gasteiger charge is 1.90. The Labute approximate surface area is 66.9 Å². The Hall–Kier alpha value is -0.490. The van der Waals surface area contributed by atoms with Crippen LogP contribution in [0.4, 0.5) is 0 Å². The normalized spacial score (nSPS) is 29.4. The van der Waals surface area contributed by atoms with Gasteiger partial charge < -0.3 is 0 Å². The minimum atomic E-state index is 0.882. The molecule has 1 rings (SSSR count). The lowest BCUT2D eigenvalue weighted by molar-refractivity contribution is 1.23. The monoisotopic (exact) mass is 154 g/mol. The molecule has 0 amide bonds. The van der Waals surface area contributed by atoms with Crippen molar-refractivity contribution in [3.05, 3.63) is 34.9 Å². The van der Waals surface area contributed by atoms with Crippen molar-refractivity contribution in [3.8, 4) is 0 Å². The van der Waals surface area contributed by atoms with Gasteiger partial charge in [0.1, 0.15) is 0 Å². The Kier molecular flexibility index (Phi) is 2.76. The highest BCUT2D eigenvalue weighted by Crippen LogP contribution is 2.13. The zero-order valence-corrected chi connectivity index (χ0v) is 6.86. The van der Waals surface area contributed by atoms with Gasteiger partial charge in [-0.05, 0) is 13.3 Å². The summed E-state index contributed by atoms with van der Waals surface area (Å²) >= 11 is 5.82. The van der Waals surface area contributed by atoms with Crippen LogP contribution in [0.15, 0.2) is 34.9 Å². The Morgan fingerprint density at radius 2 is 2.20 bits per heavy atom. The molecule has 54 valence electrons. The van der Waals surface area contributed by atoms with Crippen LogP contribution in [0.5, 0.6) is 0 Å². The van der Waals surface area contributed by atoms with Crippen molar-refractivity contribution in [1.82, 2.24) is 0 Å². The second-order valence-corrected chi connectivity index (χ2v) is 2.93. The third kappa shape index (κ3) is 2.40. The lowest BCUT2D eigenvalue weighted by Gasteiger charge is -1.97. The highest BCUT2D eigenvalue weighted by atomic mass is 35.5. The Bertz CT molecular complexity index is 197. The van der Waals surface area contributed by atoms with Crippen LogP contribution < -0.4 is 0 Å². The third-order valence-electron chi connectivity index (χ3n) is 1.47. The quantitative estimate of drug-likeness (QED) is 0.502.